The van der Waals surface area contributed by atoms with E-state index in [1.165, 1.54) is 0 Å². The summed E-state index contributed by atoms with van der Waals surface area (Å²) < 4.78 is 0. The molecule has 114 valence electrons. The van der Waals surface area contributed by atoms with Crippen molar-refractivity contribution in [3.8, 4) is 0 Å². The summed E-state index contributed by atoms with van der Waals surface area (Å²) in [5, 5.41) is 8.26. The molecule has 0 saturated heterocycles. The quantitative estimate of drug-likeness (QED) is 0.458. The lowest BCUT2D eigenvalue weighted by atomic mass is 10.1. The molecule has 1 saturated carbocycles. The molecule has 7 nitrogen and oxygen atoms in total. The first-order valence-corrected chi connectivity index (χ1v) is 6.99. The van der Waals surface area contributed by atoms with Crippen LogP contribution in [-0.2, 0) is 14.4 Å². The third kappa shape index (κ3) is 3.69. The number of nitrogens with two attached hydrogens (primary N) is 1. The number of carbonyl (C=O) groups is 3. The average molecular weight is 284 g/mol. The fourth-order valence-electron chi connectivity index (χ4n) is 2.01. The fourth-order valence-corrected chi connectivity index (χ4v) is 2.01. The minimum atomic E-state index is -0.701. The van der Waals surface area contributed by atoms with Crippen LogP contribution in [0.25, 0.3) is 0 Å². The van der Waals surface area contributed by atoms with Crippen LogP contribution >= 0.6 is 0 Å². The van der Waals surface area contributed by atoms with Gasteiger partial charge in [0.25, 0.3) is 0 Å². The molecule has 2 atom stereocenters. The molecule has 0 bridgehead atoms. The van der Waals surface area contributed by atoms with Gasteiger partial charge in [-0.15, -0.1) is 0 Å². The van der Waals surface area contributed by atoms with E-state index in [4.69, 9.17) is 5.73 Å². The van der Waals surface area contributed by atoms with E-state index in [1.54, 1.807) is 20.9 Å². The van der Waals surface area contributed by atoms with E-state index in [0.29, 0.717) is 12.8 Å². The second-order valence-corrected chi connectivity index (χ2v) is 5.14. The van der Waals surface area contributed by atoms with E-state index in [0.717, 1.165) is 12.8 Å². The molecular weight excluding hydrogens is 260 g/mol. The van der Waals surface area contributed by atoms with Crippen LogP contribution < -0.4 is 21.7 Å². The highest BCUT2D eigenvalue weighted by molar-refractivity contribution is 5.95. The van der Waals surface area contributed by atoms with Crippen LogP contribution in [-0.4, -0.2) is 42.4 Å². The van der Waals surface area contributed by atoms with Crippen molar-refractivity contribution in [2.24, 2.45) is 5.73 Å². The van der Waals surface area contributed by atoms with Crippen molar-refractivity contribution in [3.05, 3.63) is 0 Å². The maximum absolute atomic E-state index is 12.1. The van der Waals surface area contributed by atoms with E-state index in [2.05, 4.69) is 16.0 Å². The lowest BCUT2D eigenvalue weighted by Gasteiger charge is -2.22. The number of primary amides is 1. The predicted octanol–water partition coefficient (Wildman–Crippen LogP) is -0.987. The Kier molecular flexibility index (Phi) is 5.50. The van der Waals surface area contributed by atoms with Crippen molar-refractivity contribution in [3.63, 3.8) is 0 Å². The smallest absolute Gasteiger partial charge is 0.243 e. The molecule has 0 spiro atoms. The van der Waals surface area contributed by atoms with E-state index < -0.39 is 23.5 Å². The van der Waals surface area contributed by atoms with Gasteiger partial charge in [0, 0.05) is 0 Å². The van der Waals surface area contributed by atoms with Crippen molar-refractivity contribution in [2.45, 2.75) is 57.2 Å². The predicted molar refractivity (Wildman–Crippen MR) is 74.7 cm³/mol. The molecule has 7 heteroatoms. The van der Waals surface area contributed by atoms with E-state index in [-0.39, 0.29) is 11.8 Å². The molecule has 1 fully saturated rings. The highest BCUT2D eigenvalue weighted by Gasteiger charge is 2.49. The van der Waals surface area contributed by atoms with E-state index in [1.807, 2.05) is 0 Å². The monoisotopic (exact) mass is 284 g/mol. The van der Waals surface area contributed by atoms with Gasteiger partial charge in [-0.05, 0) is 32.7 Å². The Bertz CT molecular complexity index is 393. The number of rotatable bonds is 8. The van der Waals surface area contributed by atoms with Gasteiger partial charge in [0.2, 0.25) is 17.7 Å². The van der Waals surface area contributed by atoms with Gasteiger partial charge in [0.1, 0.15) is 12.1 Å². The summed E-state index contributed by atoms with van der Waals surface area (Å²) in [6, 6.07) is -1.35. The topological polar surface area (TPSA) is 113 Å². The van der Waals surface area contributed by atoms with Crippen molar-refractivity contribution >= 4 is 17.7 Å². The second kappa shape index (κ2) is 6.69. The molecule has 3 amide bonds. The molecule has 5 N–H and O–H groups in total. The van der Waals surface area contributed by atoms with Crippen LogP contribution in [0.3, 0.4) is 0 Å². The van der Waals surface area contributed by atoms with Gasteiger partial charge in [-0.3, -0.25) is 14.4 Å². The molecule has 2 unspecified atom stereocenters. The Morgan fingerprint density at radius 2 is 1.65 bits per heavy atom. The SMILES string of the molecule is CCC(NC(=O)C(CC)NC(=O)C1(NC)CC1)C(N)=O. The zero-order valence-electron chi connectivity index (χ0n) is 12.3. The summed E-state index contributed by atoms with van der Waals surface area (Å²) >= 11 is 0. The van der Waals surface area contributed by atoms with E-state index >= 15 is 0 Å². The van der Waals surface area contributed by atoms with Gasteiger partial charge in [-0.25, -0.2) is 0 Å². The standard InChI is InChI=1S/C13H24N4O3/c1-4-8(10(14)18)16-11(19)9(5-2)17-12(20)13(15-3)6-7-13/h8-9,15H,4-7H2,1-3H3,(H2,14,18)(H,16,19)(H,17,20). The molecule has 0 aromatic heterocycles. The Morgan fingerprint density at radius 3 is 2.00 bits per heavy atom. The van der Waals surface area contributed by atoms with Crippen LogP contribution in [0.15, 0.2) is 0 Å². The lowest BCUT2D eigenvalue weighted by Crippen LogP contribution is -2.56. The molecule has 1 rings (SSSR count). The van der Waals surface area contributed by atoms with Crippen LogP contribution in [0.5, 0.6) is 0 Å². The normalized spacial score (nSPS) is 18.8. The first kappa shape index (κ1) is 16.4. The first-order valence-electron chi connectivity index (χ1n) is 6.99. The van der Waals surface area contributed by atoms with Gasteiger partial charge in [-0.1, -0.05) is 13.8 Å². The van der Waals surface area contributed by atoms with Crippen LogP contribution in [0.2, 0.25) is 0 Å². The maximum atomic E-state index is 12.1. The Labute approximate surface area is 119 Å². The molecule has 0 heterocycles. The third-order valence-corrected chi connectivity index (χ3v) is 3.76. The maximum Gasteiger partial charge on any atom is 0.243 e. The largest absolute Gasteiger partial charge is 0.368 e. The zero-order chi connectivity index (χ0) is 15.3. The van der Waals surface area contributed by atoms with Crippen LogP contribution in [0.4, 0.5) is 0 Å². The highest BCUT2D eigenvalue weighted by Crippen LogP contribution is 2.35. The van der Waals surface area contributed by atoms with E-state index in [9.17, 15) is 14.4 Å². The lowest BCUT2D eigenvalue weighted by molar-refractivity contribution is -0.132. The Balaban J connectivity index is 2.59. The average Bonchev–Trinajstić information content (AvgIpc) is 3.22. The third-order valence-electron chi connectivity index (χ3n) is 3.76. The van der Waals surface area contributed by atoms with Crippen LogP contribution in [0, 0.1) is 0 Å². The van der Waals surface area contributed by atoms with Gasteiger partial charge in [-0.2, -0.15) is 0 Å². The van der Waals surface area contributed by atoms with Crippen molar-refractivity contribution in [2.75, 3.05) is 7.05 Å². The molecule has 0 aromatic rings. The minimum absolute atomic E-state index is 0.172. The van der Waals surface area contributed by atoms with Gasteiger partial charge < -0.3 is 21.7 Å². The van der Waals surface area contributed by atoms with Gasteiger partial charge >= 0.3 is 0 Å². The first-order chi connectivity index (χ1) is 9.40. The van der Waals surface area contributed by atoms with Crippen molar-refractivity contribution < 1.29 is 14.4 Å². The number of nitrogens with one attached hydrogen (secondary N) is 3. The highest BCUT2D eigenvalue weighted by atomic mass is 16.2. The van der Waals surface area contributed by atoms with Gasteiger partial charge in [0.05, 0.1) is 5.54 Å². The molecule has 1 aliphatic rings. The Morgan fingerprint density at radius 1 is 1.10 bits per heavy atom. The number of amides is 3. The molecule has 1 aliphatic carbocycles. The van der Waals surface area contributed by atoms with Crippen molar-refractivity contribution in [1.29, 1.82) is 0 Å². The second-order valence-electron chi connectivity index (χ2n) is 5.14. The number of hydrogen-bond donors (Lipinski definition) is 4. The Hall–Kier alpha value is -1.63. The van der Waals surface area contributed by atoms with Gasteiger partial charge in [0.15, 0.2) is 0 Å². The van der Waals surface area contributed by atoms with Crippen molar-refractivity contribution in [1.82, 2.24) is 16.0 Å². The summed E-state index contributed by atoms with van der Waals surface area (Å²) in [5.41, 5.74) is 4.66. The molecule has 20 heavy (non-hydrogen) atoms. The zero-order valence-corrected chi connectivity index (χ0v) is 12.3. The summed E-state index contributed by atoms with van der Waals surface area (Å²) in [6.07, 6.45) is 2.41. The summed E-state index contributed by atoms with van der Waals surface area (Å²) in [5.74, 6) is -1.12. The molecule has 0 aromatic carbocycles. The summed E-state index contributed by atoms with van der Waals surface area (Å²) in [7, 11) is 1.73. The number of hydrogen-bond acceptors (Lipinski definition) is 4. The number of likely N-dealkylation sites (N-methyl/N-ethyl adjacent to an activating group) is 1. The molecular formula is C13H24N4O3. The fraction of sp³-hybridized carbons (Fsp3) is 0.769. The van der Waals surface area contributed by atoms with Crippen LogP contribution in [0.1, 0.15) is 39.5 Å². The summed E-state index contributed by atoms with van der Waals surface area (Å²) in [6.45, 7) is 3.56. The summed E-state index contributed by atoms with van der Waals surface area (Å²) in [4.78, 5) is 35.3. The minimum Gasteiger partial charge on any atom is -0.368 e. The molecule has 0 radical (unpaired) electrons. The number of carbonyl (C=O) groups excluding carboxylic acids is 3. The molecule has 0 aliphatic heterocycles.